The van der Waals surface area contributed by atoms with Gasteiger partial charge in [0, 0.05) is 23.9 Å². The molecule has 2 unspecified atom stereocenters. The molecular formula is C31H31NO5. The minimum Gasteiger partial charge on any atom is -0.497 e. The zero-order valence-corrected chi connectivity index (χ0v) is 21.2. The number of nitrogens with zero attached hydrogens (tertiary/aromatic N) is 1. The summed E-state index contributed by atoms with van der Waals surface area (Å²) in [4.78, 5) is 28.8. The van der Waals surface area contributed by atoms with E-state index in [-0.39, 0.29) is 35.8 Å². The van der Waals surface area contributed by atoms with Gasteiger partial charge in [0.2, 0.25) is 0 Å². The van der Waals surface area contributed by atoms with E-state index >= 15 is 0 Å². The molecule has 2 bridgehead atoms. The number of Topliss-reactive ketones (excluding diaryl/α,β-unsaturated/α-hetero) is 1. The third kappa shape index (κ3) is 4.05. The minimum atomic E-state index is -0.265. The van der Waals surface area contributed by atoms with E-state index in [0.29, 0.717) is 36.5 Å². The summed E-state index contributed by atoms with van der Waals surface area (Å²) in [5.41, 5.74) is 5.38. The molecule has 1 amide bonds. The Hall–Kier alpha value is -3.80. The number of benzene rings is 3. The fourth-order valence-corrected chi connectivity index (χ4v) is 6.58. The Morgan fingerprint density at radius 1 is 0.838 bits per heavy atom. The second-order valence-corrected chi connectivity index (χ2v) is 10.2. The van der Waals surface area contributed by atoms with Gasteiger partial charge in [-0.1, -0.05) is 48.5 Å². The van der Waals surface area contributed by atoms with Crippen molar-refractivity contribution in [3.63, 3.8) is 0 Å². The van der Waals surface area contributed by atoms with Crippen molar-refractivity contribution in [3.05, 3.63) is 83.4 Å². The van der Waals surface area contributed by atoms with E-state index in [1.807, 2.05) is 29.2 Å². The van der Waals surface area contributed by atoms with Gasteiger partial charge in [0.25, 0.3) is 0 Å². The van der Waals surface area contributed by atoms with Crippen LogP contribution in [-0.4, -0.2) is 49.7 Å². The lowest BCUT2D eigenvalue weighted by molar-refractivity contribution is 0.0505. The Balaban J connectivity index is 1.15. The van der Waals surface area contributed by atoms with Crippen molar-refractivity contribution in [1.29, 1.82) is 0 Å². The summed E-state index contributed by atoms with van der Waals surface area (Å²) in [6.07, 6.45) is 2.81. The summed E-state index contributed by atoms with van der Waals surface area (Å²) in [5.74, 6) is 1.12. The Labute approximate surface area is 217 Å². The molecular weight excluding hydrogens is 466 g/mol. The highest BCUT2D eigenvalue weighted by Crippen LogP contribution is 2.45. The van der Waals surface area contributed by atoms with Gasteiger partial charge in [-0.25, -0.2) is 4.79 Å². The lowest BCUT2D eigenvalue weighted by atomic mass is 9.84. The Morgan fingerprint density at radius 3 is 2.05 bits per heavy atom. The molecule has 3 aromatic carbocycles. The van der Waals surface area contributed by atoms with Crippen LogP contribution >= 0.6 is 0 Å². The molecule has 3 aromatic rings. The number of hydrogen-bond acceptors (Lipinski definition) is 5. The summed E-state index contributed by atoms with van der Waals surface area (Å²) in [6, 6.07) is 22.0. The van der Waals surface area contributed by atoms with Gasteiger partial charge in [-0.15, -0.1) is 0 Å². The number of ether oxygens (including phenoxy) is 3. The average molecular weight is 498 g/mol. The van der Waals surface area contributed by atoms with Crippen molar-refractivity contribution in [2.45, 2.75) is 43.7 Å². The first kappa shape index (κ1) is 23.6. The second kappa shape index (κ2) is 9.58. The highest BCUT2D eigenvalue weighted by atomic mass is 16.6. The quantitative estimate of drug-likeness (QED) is 0.386. The summed E-state index contributed by atoms with van der Waals surface area (Å²) in [6.45, 7) is 0.312. The highest BCUT2D eigenvalue weighted by molar-refractivity contribution is 6.01. The molecule has 2 fully saturated rings. The number of fused-ring (bicyclic) bond motifs is 5. The van der Waals surface area contributed by atoms with Crippen LogP contribution in [0.4, 0.5) is 4.79 Å². The Kier molecular flexibility index (Phi) is 6.11. The predicted molar refractivity (Wildman–Crippen MR) is 140 cm³/mol. The average Bonchev–Trinajstić information content (AvgIpc) is 3.41. The smallest absolute Gasteiger partial charge is 0.410 e. The third-order valence-corrected chi connectivity index (χ3v) is 8.32. The number of carbonyl (C=O) groups excluding carboxylic acids is 2. The van der Waals surface area contributed by atoms with Crippen molar-refractivity contribution in [1.82, 2.24) is 4.90 Å². The monoisotopic (exact) mass is 497 g/mol. The van der Waals surface area contributed by atoms with Crippen molar-refractivity contribution in [2.24, 2.45) is 5.92 Å². The maximum atomic E-state index is 13.5. The molecule has 0 N–H and O–H groups in total. The van der Waals surface area contributed by atoms with Gasteiger partial charge in [0.05, 0.1) is 19.8 Å². The zero-order valence-electron chi connectivity index (χ0n) is 21.2. The molecule has 6 heteroatoms. The number of carbonyl (C=O) groups is 2. The summed E-state index contributed by atoms with van der Waals surface area (Å²) < 4.78 is 16.8. The Morgan fingerprint density at radius 2 is 1.46 bits per heavy atom. The molecule has 0 saturated carbocycles. The summed E-state index contributed by atoms with van der Waals surface area (Å²) in [5, 5.41) is 0. The van der Waals surface area contributed by atoms with Crippen LogP contribution in [0.15, 0.2) is 66.7 Å². The van der Waals surface area contributed by atoms with E-state index in [0.717, 1.165) is 12.8 Å². The van der Waals surface area contributed by atoms with E-state index in [1.165, 1.54) is 22.3 Å². The first-order valence-electron chi connectivity index (χ1n) is 13.0. The SMILES string of the molecule is COc1ccc(OC)c(C(=O)C2CC3CCC(C2)N3C(=O)OCC2c3ccccc3-c3ccccc32)c1. The molecule has 2 atom stereocenters. The molecule has 6 nitrogen and oxygen atoms in total. The lowest BCUT2D eigenvalue weighted by Crippen LogP contribution is -2.48. The van der Waals surface area contributed by atoms with Crippen LogP contribution in [-0.2, 0) is 4.74 Å². The fourth-order valence-electron chi connectivity index (χ4n) is 6.58. The molecule has 2 aliphatic heterocycles. The van der Waals surface area contributed by atoms with E-state index in [2.05, 4.69) is 24.3 Å². The topological polar surface area (TPSA) is 65.1 Å². The van der Waals surface area contributed by atoms with Gasteiger partial charge < -0.3 is 19.1 Å². The van der Waals surface area contributed by atoms with Crippen LogP contribution < -0.4 is 9.47 Å². The van der Waals surface area contributed by atoms with Crippen LogP contribution in [0, 0.1) is 5.92 Å². The first-order valence-corrected chi connectivity index (χ1v) is 13.0. The molecule has 190 valence electrons. The van der Waals surface area contributed by atoms with Gasteiger partial charge in [-0.05, 0) is 66.1 Å². The van der Waals surface area contributed by atoms with Crippen molar-refractivity contribution < 1.29 is 23.8 Å². The second-order valence-electron chi connectivity index (χ2n) is 10.2. The van der Waals surface area contributed by atoms with Gasteiger partial charge in [0.15, 0.2) is 5.78 Å². The molecule has 2 heterocycles. The van der Waals surface area contributed by atoms with Crippen molar-refractivity contribution in [3.8, 4) is 22.6 Å². The maximum absolute atomic E-state index is 13.5. The molecule has 6 rings (SSSR count). The normalized spacial score (nSPS) is 21.8. The van der Waals surface area contributed by atoms with Crippen LogP contribution in [0.2, 0.25) is 0 Å². The number of piperidine rings is 1. The summed E-state index contributed by atoms with van der Waals surface area (Å²) in [7, 11) is 3.16. The summed E-state index contributed by atoms with van der Waals surface area (Å²) >= 11 is 0. The molecule has 1 aliphatic carbocycles. The molecule has 2 saturated heterocycles. The van der Waals surface area contributed by atoms with Crippen LogP contribution in [0.25, 0.3) is 11.1 Å². The number of hydrogen-bond donors (Lipinski definition) is 0. The van der Waals surface area contributed by atoms with Crippen LogP contribution in [0.5, 0.6) is 11.5 Å². The lowest BCUT2D eigenvalue weighted by Gasteiger charge is -2.38. The van der Waals surface area contributed by atoms with Crippen LogP contribution in [0.1, 0.15) is 53.1 Å². The number of ketones is 1. The zero-order chi connectivity index (χ0) is 25.5. The van der Waals surface area contributed by atoms with Crippen molar-refractivity contribution in [2.75, 3.05) is 20.8 Å². The number of amides is 1. The minimum absolute atomic E-state index is 0.0138. The van der Waals surface area contributed by atoms with Gasteiger partial charge in [-0.2, -0.15) is 0 Å². The van der Waals surface area contributed by atoms with E-state index in [9.17, 15) is 9.59 Å². The predicted octanol–water partition coefficient (Wildman–Crippen LogP) is 6.08. The first-order chi connectivity index (χ1) is 18.1. The molecule has 37 heavy (non-hydrogen) atoms. The number of methoxy groups -OCH3 is 2. The molecule has 3 aliphatic rings. The van der Waals surface area contributed by atoms with Crippen molar-refractivity contribution >= 4 is 11.9 Å². The van der Waals surface area contributed by atoms with Gasteiger partial charge in [0.1, 0.15) is 18.1 Å². The standard InChI is InChI=1S/C31H31NO5/c1-35-22-13-14-29(36-2)27(17-22)30(33)19-15-20-11-12-21(16-19)32(20)31(34)37-18-28-25-9-5-3-7-23(25)24-8-4-6-10-26(24)28/h3-10,13-14,17,19-21,28H,11-12,15-16,18H2,1-2H3. The van der Waals surface area contributed by atoms with Gasteiger partial charge in [-0.3, -0.25) is 4.79 Å². The maximum Gasteiger partial charge on any atom is 0.410 e. The number of rotatable bonds is 6. The molecule has 0 aromatic heterocycles. The van der Waals surface area contributed by atoms with Gasteiger partial charge >= 0.3 is 6.09 Å². The Bertz CT molecular complexity index is 1290. The molecule has 0 spiro atoms. The van der Waals surface area contributed by atoms with Crippen LogP contribution in [0.3, 0.4) is 0 Å². The van der Waals surface area contributed by atoms with E-state index < -0.39 is 0 Å². The third-order valence-electron chi connectivity index (χ3n) is 8.32. The fraction of sp³-hybridized carbons (Fsp3) is 0.355. The van der Waals surface area contributed by atoms with E-state index in [1.54, 1.807) is 32.4 Å². The largest absolute Gasteiger partial charge is 0.497 e. The molecule has 0 radical (unpaired) electrons. The van der Waals surface area contributed by atoms with E-state index in [4.69, 9.17) is 14.2 Å². The highest BCUT2D eigenvalue weighted by Gasteiger charge is 2.46.